The molecule has 2 aromatic heterocycles. The summed E-state index contributed by atoms with van der Waals surface area (Å²) in [6.07, 6.45) is 2.53. The Morgan fingerprint density at radius 1 is 1.32 bits per heavy atom. The number of thiazole rings is 1. The summed E-state index contributed by atoms with van der Waals surface area (Å²) in [6, 6.07) is 0. The molecular formula is C14H20N4O2S2. The maximum atomic E-state index is 11.9. The van der Waals surface area contributed by atoms with Gasteiger partial charge in [0.05, 0.1) is 23.4 Å². The highest BCUT2D eigenvalue weighted by atomic mass is 32.2. The number of aryl methyl sites for hydroxylation is 1. The summed E-state index contributed by atoms with van der Waals surface area (Å²) in [4.78, 5) is 14.8. The smallest absolute Gasteiger partial charge is 0.180 e. The third-order valence-electron chi connectivity index (χ3n) is 3.08. The van der Waals surface area contributed by atoms with Gasteiger partial charge < -0.3 is 4.90 Å². The molecule has 6 nitrogen and oxygen atoms in total. The lowest BCUT2D eigenvalue weighted by Crippen LogP contribution is -2.21. The Bertz CT molecular complexity index is 769. The van der Waals surface area contributed by atoms with Gasteiger partial charge in [-0.15, -0.1) is 11.3 Å². The molecule has 8 heteroatoms. The van der Waals surface area contributed by atoms with Crippen LogP contribution in [0.2, 0.25) is 0 Å². The summed E-state index contributed by atoms with van der Waals surface area (Å²) < 4.78 is 23.8. The van der Waals surface area contributed by atoms with Gasteiger partial charge in [-0.2, -0.15) is 0 Å². The van der Waals surface area contributed by atoms with Crippen LogP contribution in [-0.4, -0.2) is 36.7 Å². The van der Waals surface area contributed by atoms with Gasteiger partial charge in [0.1, 0.15) is 10.7 Å². The molecule has 0 radical (unpaired) electrons. The summed E-state index contributed by atoms with van der Waals surface area (Å²) in [6.45, 7) is 6.44. The van der Waals surface area contributed by atoms with Crippen molar-refractivity contribution in [1.29, 1.82) is 0 Å². The molecule has 0 atom stereocenters. The number of anilines is 1. The quantitative estimate of drug-likeness (QED) is 0.832. The number of hydrogen-bond donors (Lipinski definition) is 0. The highest BCUT2D eigenvalue weighted by Crippen LogP contribution is 2.24. The van der Waals surface area contributed by atoms with E-state index in [1.807, 2.05) is 12.4 Å². The van der Waals surface area contributed by atoms with E-state index in [1.54, 1.807) is 23.2 Å². The molecule has 0 saturated carbocycles. The minimum atomic E-state index is -3.38. The van der Waals surface area contributed by atoms with E-state index in [1.165, 1.54) is 6.20 Å². The fraction of sp³-hybridized carbons (Fsp3) is 0.500. The number of nitrogens with zero attached hydrogens (tertiary/aromatic N) is 4. The van der Waals surface area contributed by atoms with E-state index in [4.69, 9.17) is 0 Å². The predicted octanol–water partition coefficient (Wildman–Crippen LogP) is 2.40. The lowest BCUT2D eigenvalue weighted by Gasteiger charge is -2.19. The highest BCUT2D eigenvalue weighted by Gasteiger charge is 2.19. The van der Waals surface area contributed by atoms with Gasteiger partial charge in [0.2, 0.25) is 0 Å². The van der Waals surface area contributed by atoms with Crippen LogP contribution in [0.4, 0.5) is 5.82 Å². The van der Waals surface area contributed by atoms with E-state index in [9.17, 15) is 8.42 Å². The van der Waals surface area contributed by atoms with Crippen LogP contribution in [0, 0.1) is 6.92 Å². The van der Waals surface area contributed by atoms with Crippen molar-refractivity contribution in [3.8, 4) is 0 Å². The summed E-state index contributed by atoms with van der Waals surface area (Å²) in [7, 11) is -1.57. The standard InChI is InChI=1S/C14H20N4O2S2/c1-9(2)14-17-11(8-21-14)7-18(4)13-12(22(5,19)20)6-15-10(3)16-13/h6,8-9H,7H2,1-5H3. The zero-order chi connectivity index (χ0) is 16.5. The van der Waals surface area contributed by atoms with E-state index in [-0.39, 0.29) is 4.90 Å². The molecule has 120 valence electrons. The number of sulfone groups is 1. The van der Waals surface area contributed by atoms with Crippen molar-refractivity contribution in [2.45, 2.75) is 38.1 Å². The topological polar surface area (TPSA) is 76.1 Å². The van der Waals surface area contributed by atoms with Gasteiger partial charge in [-0.1, -0.05) is 13.8 Å². The summed E-state index contributed by atoms with van der Waals surface area (Å²) in [5, 5.41) is 3.07. The maximum absolute atomic E-state index is 11.9. The average Bonchev–Trinajstić information content (AvgIpc) is 2.85. The van der Waals surface area contributed by atoms with Crippen LogP contribution in [0.15, 0.2) is 16.5 Å². The summed E-state index contributed by atoms with van der Waals surface area (Å²) in [5.41, 5.74) is 0.909. The van der Waals surface area contributed by atoms with Crippen LogP contribution in [0.1, 0.15) is 36.3 Å². The Morgan fingerprint density at radius 3 is 2.55 bits per heavy atom. The van der Waals surface area contributed by atoms with Crippen molar-refractivity contribution in [3.05, 3.63) is 28.1 Å². The Morgan fingerprint density at radius 2 is 2.00 bits per heavy atom. The third kappa shape index (κ3) is 3.80. The van der Waals surface area contributed by atoms with Crippen molar-refractivity contribution in [3.63, 3.8) is 0 Å². The largest absolute Gasteiger partial charge is 0.353 e. The van der Waals surface area contributed by atoms with Crippen LogP contribution < -0.4 is 4.90 Å². The van der Waals surface area contributed by atoms with Crippen LogP contribution in [-0.2, 0) is 16.4 Å². The second-order valence-corrected chi connectivity index (χ2v) is 8.44. The van der Waals surface area contributed by atoms with Gasteiger partial charge in [0.25, 0.3) is 0 Å². The lowest BCUT2D eigenvalue weighted by molar-refractivity contribution is 0.600. The van der Waals surface area contributed by atoms with E-state index < -0.39 is 9.84 Å². The molecule has 0 aliphatic carbocycles. The van der Waals surface area contributed by atoms with E-state index in [0.29, 0.717) is 24.1 Å². The van der Waals surface area contributed by atoms with Gasteiger partial charge in [0.15, 0.2) is 15.7 Å². The van der Waals surface area contributed by atoms with Crippen LogP contribution in [0.5, 0.6) is 0 Å². The molecule has 0 spiro atoms. The van der Waals surface area contributed by atoms with Crippen molar-refractivity contribution >= 4 is 27.0 Å². The monoisotopic (exact) mass is 340 g/mol. The molecule has 0 amide bonds. The SMILES string of the molecule is Cc1ncc(S(C)(=O)=O)c(N(C)Cc2csc(C(C)C)n2)n1. The number of rotatable bonds is 5. The molecule has 0 saturated heterocycles. The molecule has 22 heavy (non-hydrogen) atoms. The minimum absolute atomic E-state index is 0.139. The third-order valence-corrected chi connectivity index (χ3v) is 5.36. The number of hydrogen-bond acceptors (Lipinski definition) is 7. The van der Waals surface area contributed by atoms with E-state index >= 15 is 0 Å². The van der Waals surface area contributed by atoms with Gasteiger partial charge in [-0.05, 0) is 6.92 Å². The first-order chi connectivity index (χ1) is 10.2. The fourth-order valence-electron chi connectivity index (χ4n) is 1.96. The van der Waals surface area contributed by atoms with Gasteiger partial charge >= 0.3 is 0 Å². The average molecular weight is 340 g/mol. The summed E-state index contributed by atoms with van der Waals surface area (Å²) in [5.74, 6) is 1.33. The molecule has 0 bridgehead atoms. The molecule has 0 N–H and O–H groups in total. The lowest BCUT2D eigenvalue weighted by atomic mass is 10.2. The molecule has 0 aliphatic rings. The minimum Gasteiger partial charge on any atom is -0.353 e. The zero-order valence-corrected chi connectivity index (χ0v) is 15.0. The second-order valence-electron chi connectivity index (χ2n) is 5.57. The Balaban J connectivity index is 2.32. The molecule has 2 rings (SSSR count). The predicted molar refractivity (Wildman–Crippen MR) is 88.2 cm³/mol. The molecule has 2 heterocycles. The maximum Gasteiger partial charge on any atom is 0.180 e. The van der Waals surface area contributed by atoms with E-state index in [2.05, 4.69) is 28.8 Å². The van der Waals surface area contributed by atoms with Crippen molar-refractivity contribution < 1.29 is 8.42 Å². The van der Waals surface area contributed by atoms with Crippen LogP contribution >= 0.6 is 11.3 Å². The second kappa shape index (κ2) is 6.29. The first-order valence-corrected chi connectivity index (χ1v) is 9.64. The normalized spacial score (nSPS) is 11.9. The van der Waals surface area contributed by atoms with Crippen molar-refractivity contribution in [2.24, 2.45) is 0 Å². The highest BCUT2D eigenvalue weighted by molar-refractivity contribution is 7.90. The van der Waals surface area contributed by atoms with Crippen molar-refractivity contribution in [1.82, 2.24) is 15.0 Å². The molecule has 0 aliphatic heterocycles. The van der Waals surface area contributed by atoms with Crippen LogP contribution in [0.25, 0.3) is 0 Å². The summed E-state index contributed by atoms with van der Waals surface area (Å²) >= 11 is 1.62. The van der Waals surface area contributed by atoms with Gasteiger partial charge in [-0.3, -0.25) is 0 Å². The Hall–Kier alpha value is -1.54. The van der Waals surface area contributed by atoms with Crippen molar-refractivity contribution in [2.75, 3.05) is 18.2 Å². The van der Waals surface area contributed by atoms with E-state index in [0.717, 1.165) is 17.0 Å². The molecule has 0 aromatic carbocycles. The molecule has 2 aromatic rings. The molecular weight excluding hydrogens is 320 g/mol. The first kappa shape index (κ1) is 16.8. The molecule has 0 fully saturated rings. The Kier molecular flexibility index (Phi) is 4.81. The zero-order valence-electron chi connectivity index (χ0n) is 13.4. The molecule has 0 unspecified atom stereocenters. The Labute approximate surface area is 135 Å². The fourth-order valence-corrected chi connectivity index (χ4v) is 3.56. The van der Waals surface area contributed by atoms with Crippen LogP contribution in [0.3, 0.4) is 0 Å². The number of aromatic nitrogens is 3. The van der Waals surface area contributed by atoms with Gasteiger partial charge in [-0.25, -0.2) is 23.4 Å². The first-order valence-electron chi connectivity index (χ1n) is 6.87. The van der Waals surface area contributed by atoms with Gasteiger partial charge in [0, 0.05) is 24.6 Å².